The van der Waals surface area contributed by atoms with Crippen LogP contribution in [-0.4, -0.2) is 51.9 Å². The van der Waals surface area contributed by atoms with Gasteiger partial charge >= 0.3 is 0 Å². The number of fused-ring (bicyclic) bond motifs is 2. The smallest absolute Gasteiger partial charge is 0.275 e. The third kappa shape index (κ3) is 4.54. The molecule has 7 nitrogen and oxygen atoms in total. The van der Waals surface area contributed by atoms with Crippen molar-refractivity contribution in [2.45, 2.75) is 37.9 Å². The van der Waals surface area contributed by atoms with Crippen molar-refractivity contribution in [1.29, 1.82) is 0 Å². The molecule has 0 radical (unpaired) electrons. The van der Waals surface area contributed by atoms with Gasteiger partial charge in [-0.2, -0.15) is 0 Å². The van der Waals surface area contributed by atoms with Crippen molar-refractivity contribution in [2.75, 3.05) is 13.1 Å². The van der Waals surface area contributed by atoms with Crippen LogP contribution in [0, 0.1) is 5.82 Å². The van der Waals surface area contributed by atoms with Gasteiger partial charge in [-0.3, -0.25) is 9.59 Å². The van der Waals surface area contributed by atoms with E-state index in [2.05, 4.69) is 20.6 Å². The summed E-state index contributed by atoms with van der Waals surface area (Å²) in [6.07, 6.45) is 5.67. The summed E-state index contributed by atoms with van der Waals surface area (Å²) in [5.74, 6) is -1.05. The highest BCUT2D eigenvalue weighted by Gasteiger charge is 2.40. The third-order valence-corrected chi connectivity index (χ3v) is 5.37. The molecule has 2 unspecified atom stereocenters. The van der Waals surface area contributed by atoms with Crippen LogP contribution in [0.4, 0.5) is 4.39 Å². The van der Waals surface area contributed by atoms with Crippen molar-refractivity contribution in [1.82, 2.24) is 25.5 Å². The zero-order chi connectivity index (χ0) is 19.5. The average molecular weight is 420 g/mol. The Hall–Kier alpha value is -2.58. The van der Waals surface area contributed by atoms with Gasteiger partial charge in [-0.05, 0) is 43.5 Å². The van der Waals surface area contributed by atoms with E-state index in [9.17, 15) is 14.0 Å². The molecule has 1 aromatic heterocycles. The van der Waals surface area contributed by atoms with E-state index in [1.54, 1.807) is 12.1 Å². The van der Waals surface area contributed by atoms with Gasteiger partial charge < -0.3 is 15.5 Å². The Kier molecular flexibility index (Phi) is 6.76. The number of carbonyl (C=O) groups is 2. The average Bonchev–Trinajstić information content (AvgIpc) is 2.99. The van der Waals surface area contributed by atoms with Gasteiger partial charge in [0.15, 0.2) is 11.4 Å². The second kappa shape index (κ2) is 9.28. The molecular weight excluding hydrogens is 397 g/mol. The molecule has 2 aliphatic rings. The van der Waals surface area contributed by atoms with Gasteiger partial charge in [0.05, 0.1) is 0 Å². The summed E-state index contributed by atoms with van der Waals surface area (Å²) in [7, 11) is 0. The number of rotatable bonds is 4. The van der Waals surface area contributed by atoms with Crippen LogP contribution in [0.5, 0.6) is 0 Å². The van der Waals surface area contributed by atoms with Gasteiger partial charge in [-0.25, -0.2) is 14.4 Å². The standard InChI is InChI=1S/C20H22FN5O2.ClH/c21-14-3-1-13(2-4-14)11-25-19(27)17-18(24-10-9-23-17)20(28)26-15-5-6-16(26)12-22-8-7-15;/h1-4,9-10,15-16,22H,5-8,11-12H2,(H,25,27);1H. The van der Waals surface area contributed by atoms with Crippen molar-refractivity contribution in [2.24, 2.45) is 0 Å². The number of nitrogens with one attached hydrogen (secondary N) is 2. The third-order valence-electron chi connectivity index (χ3n) is 5.37. The second-order valence-electron chi connectivity index (χ2n) is 7.15. The van der Waals surface area contributed by atoms with Gasteiger partial charge in [0.2, 0.25) is 0 Å². The molecule has 0 aliphatic carbocycles. The monoisotopic (exact) mass is 419 g/mol. The first kappa shape index (κ1) is 21.1. The second-order valence-corrected chi connectivity index (χ2v) is 7.15. The Morgan fingerprint density at radius 2 is 1.76 bits per heavy atom. The van der Waals surface area contributed by atoms with E-state index in [0.717, 1.165) is 37.9 Å². The Morgan fingerprint density at radius 3 is 2.52 bits per heavy atom. The van der Waals surface area contributed by atoms with Crippen molar-refractivity contribution in [3.05, 3.63) is 59.4 Å². The van der Waals surface area contributed by atoms with Crippen LogP contribution in [-0.2, 0) is 6.54 Å². The Labute approximate surface area is 174 Å². The summed E-state index contributed by atoms with van der Waals surface area (Å²) in [5, 5.41) is 6.10. The maximum Gasteiger partial charge on any atom is 0.275 e. The highest BCUT2D eigenvalue weighted by atomic mass is 35.5. The van der Waals surface area contributed by atoms with Gasteiger partial charge in [-0.1, -0.05) is 12.1 Å². The summed E-state index contributed by atoms with van der Waals surface area (Å²) in [4.78, 5) is 36.1. The fraction of sp³-hybridized carbons (Fsp3) is 0.400. The van der Waals surface area contributed by atoms with Crippen molar-refractivity contribution < 1.29 is 14.0 Å². The minimum absolute atomic E-state index is 0. The first-order chi connectivity index (χ1) is 13.6. The lowest BCUT2D eigenvalue weighted by atomic mass is 10.1. The number of nitrogens with zero attached hydrogens (tertiary/aromatic N) is 3. The fourth-order valence-corrected chi connectivity index (χ4v) is 3.97. The number of halogens is 2. The minimum atomic E-state index is -0.471. The van der Waals surface area contributed by atoms with Gasteiger partial charge in [0, 0.05) is 37.6 Å². The largest absolute Gasteiger partial charge is 0.347 e. The SMILES string of the molecule is Cl.O=C(NCc1ccc(F)cc1)c1nccnc1C(=O)N1C2CCNCC1CC2. The molecule has 3 heterocycles. The van der Waals surface area contributed by atoms with E-state index in [0.29, 0.717) is 0 Å². The number of amides is 2. The van der Waals surface area contributed by atoms with Crippen LogP contribution in [0.3, 0.4) is 0 Å². The first-order valence-corrected chi connectivity index (χ1v) is 9.50. The number of hydrogen-bond acceptors (Lipinski definition) is 5. The molecule has 2 N–H and O–H groups in total. The molecular formula is C20H23ClFN5O2. The molecule has 2 aliphatic heterocycles. The van der Waals surface area contributed by atoms with Crippen LogP contribution >= 0.6 is 12.4 Å². The summed E-state index contributed by atoms with van der Waals surface area (Å²) < 4.78 is 13.0. The van der Waals surface area contributed by atoms with E-state index < -0.39 is 5.91 Å². The number of hydrogen-bond donors (Lipinski definition) is 2. The first-order valence-electron chi connectivity index (χ1n) is 9.50. The summed E-state index contributed by atoms with van der Waals surface area (Å²) in [6, 6.07) is 6.16. The van der Waals surface area contributed by atoms with Gasteiger partial charge in [-0.15, -0.1) is 12.4 Å². The maximum absolute atomic E-state index is 13.2. The highest BCUT2D eigenvalue weighted by Crippen LogP contribution is 2.29. The predicted molar refractivity (Wildman–Crippen MR) is 107 cm³/mol. The van der Waals surface area contributed by atoms with Crippen LogP contribution in [0.1, 0.15) is 45.8 Å². The van der Waals surface area contributed by atoms with Crippen LogP contribution in [0.25, 0.3) is 0 Å². The van der Waals surface area contributed by atoms with E-state index in [1.165, 1.54) is 24.5 Å². The van der Waals surface area contributed by atoms with Gasteiger partial charge in [0.1, 0.15) is 5.82 Å². The molecule has 1 aromatic carbocycles. The molecule has 29 heavy (non-hydrogen) atoms. The number of carbonyl (C=O) groups excluding carboxylic acids is 2. The zero-order valence-corrected chi connectivity index (χ0v) is 16.6. The van der Waals surface area contributed by atoms with E-state index >= 15 is 0 Å². The number of benzene rings is 1. The van der Waals surface area contributed by atoms with Crippen LogP contribution < -0.4 is 10.6 Å². The Balaban J connectivity index is 0.00000240. The molecule has 0 saturated carbocycles. The van der Waals surface area contributed by atoms with E-state index in [-0.39, 0.29) is 54.1 Å². The number of aromatic nitrogens is 2. The maximum atomic E-state index is 13.2. The minimum Gasteiger partial charge on any atom is -0.347 e. The molecule has 4 rings (SSSR count). The lowest BCUT2D eigenvalue weighted by Gasteiger charge is -2.27. The molecule has 2 fully saturated rings. The Morgan fingerprint density at radius 1 is 1.07 bits per heavy atom. The predicted octanol–water partition coefficient (Wildman–Crippen LogP) is 1.93. The molecule has 9 heteroatoms. The molecule has 2 amide bonds. The van der Waals surface area contributed by atoms with Crippen molar-refractivity contribution >= 4 is 24.2 Å². The van der Waals surface area contributed by atoms with Gasteiger partial charge in [0.25, 0.3) is 11.8 Å². The van der Waals surface area contributed by atoms with Crippen molar-refractivity contribution in [3.8, 4) is 0 Å². The summed E-state index contributed by atoms with van der Waals surface area (Å²) in [6.45, 7) is 1.85. The molecule has 0 spiro atoms. The molecule has 154 valence electrons. The topological polar surface area (TPSA) is 87.2 Å². The normalized spacial score (nSPS) is 20.5. The molecule has 2 bridgehead atoms. The fourth-order valence-electron chi connectivity index (χ4n) is 3.97. The quantitative estimate of drug-likeness (QED) is 0.790. The Bertz CT molecular complexity index is 865. The molecule has 2 saturated heterocycles. The molecule has 2 aromatic rings. The molecule has 2 atom stereocenters. The summed E-state index contributed by atoms with van der Waals surface area (Å²) >= 11 is 0. The zero-order valence-electron chi connectivity index (χ0n) is 15.8. The van der Waals surface area contributed by atoms with E-state index in [1.807, 2.05) is 4.90 Å². The highest BCUT2D eigenvalue weighted by molar-refractivity contribution is 6.04. The lowest BCUT2D eigenvalue weighted by molar-refractivity contribution is 0.0667. The van der Waals surface area contributed by atoms with Crippen LogP contribution in [0.15, 0.2) is 36.7 Å². The van der Waals surface area contributed by atoms with Crippen molar-refractivity contribution in [3.63, 3.8) is 0 Å². The lowest BCUT2D eigenvalue weighted by Crippen LogP contribution is -2.43. The van der Waals surface area contributed by atoms with E-state index in [4.69, 9.17) is 0 Å². The summed E-state index contributed by atoms with van der Waals surface area (Å²) in [5.41, 5.74) is 0.854. The van der Waals surface area contributed by atoms with Crippen LogP contribution in [0.2, 0.25) is 0 Å².